The Morgan fingerprint density at radius 1 is 1.33 bits per heavy atom. The minimum atomic E-state index is -0.124. The van der Waals surface area contributed by atoms with Gasteiger partial charge < -0.3 is 10.1 Å². The maximum atomic E-state index is 10.9. The van der Waals surface area contributed by atoms with E-state index >= 15 is 0 Å². The fourth-order valence-electron chi connectivity index (χ4n) is 0.666. The van der Waals surface area contributed by atoms with Crippen molar-refractivity contribution >= 4 is 5.97 Å². The van der Waals surface area contributed by atoms with Crippen LogP contribution in [0.5, 0.6) is 0 Å². The molecule has 0 aliphatic carbocycles. The van der Waals surface area contributed by atoms with E-state index in [-0.39, 0.29) is 11.9 Å². The molecule has 0 aliphatic heterocycles. The molecule has 0 saturated carbocycles. The van der Waals surface area contributed by atoms with Gasteiger partial charge in [-0.15, -0.1) is 0 Å². The van der Waals surface area contributed by atoms with Crippen molar-refractivity contribution < 1.29 is 9.53 Å². The summed E-state index contributed by atoms with van der Waals surface area (Å²) in [6, 6.07) is 0.447. The minimum Gasteiger partial charge on any atom is -0.464 e. The van der Waals surface area contributed by atoms with E-state index in [2.05, 4.69) is 19.2 Å². The topological polar surface area (TPSA) is 38.3 Å². The average molecular weight is 173 g/mol. The monoisotopic (exact) mass is 173 g/mol. The maximum absolute atomic E-state index is 10.9. The van der Waals surface area contributed by atoms with Crippen LogP contribution in [0.4, 0.5) is 0 Å². The molecule has 0 aromatic carbocycles. The van der Waals surface area contributed by atoms with Crippen molar-refractivity contribution in [3.05, 3.63) is 0 Å². The normalized spacial score (nSPS) is 10.8. The Morgan fingerprint density at radius 2 is 1.92 bits per heavy atom. The molecule has 3 nitrogen and oxygen atoms in total. The molecule has 1 N–H and O–H groups in total. The van der Waals surface area contributed by atoms with Gasteiger partial charge in [-0.1, -0.05) is 27.7 Å². The van der Waals surface area contributed by atoms with Crippen LogP contribution in [-0.4, -0.2) is 25.2 Å². The molecular weight excluding hydrogens is 154 g/mol. The lowest BCUT2D eigenvalue weighted by Crippen LogP contribution is -2.28. The quantitative estimate of drug-likeness (QED) is 0.501. The molecule has 0 spiro atoms. The Labute approximate surface area is 74.5 Å². The molecule has 0 saturated heterocycles. The minimum absolute atomic E-state index is 0.0240. The molecule has 0 fully saturated rings. The van der Waals surface area contributed by atoms with Gasteiger partial charge in [-0.05, 0) is 0 Å². The predicted molar refractivity (Wildman–Crippen MR) is 48.9 cm³/mol. The third-order valence-corrected chi connectivity index (χ3v) is 1.37. The van der Waals surface area contributed by atoms with Crippen molar-refractivity contribution in [1.82, 2.24) is 5.32 Å². The van der Waals surface area contributed by atoms with Crippen LogP contribution in [0.3, 0.4) is 0 Å². The third kappa shape index (κ3) is 6.16. The van der Waals surface area contributed by atoms with Gasteiger partial charge in [0.2, 0.25) is 0 Å². The lowest BCUT2D eigenvalue weighted by atomic mass is 10.2. The fraction of sp³-hybridized carbons (Fsp3) is 0.889. The summed E-state index contributed by atoms with van der Waals surface area (Å²) in [6.07, 6.45) is 0. The molecule has 0 aliphatic rings. The van der Waals surface area contributed by atoms with E-state index in [4.69, 9.17) is 4.74 Å². The molecule has 0 heterocycles. The standard InChI is InChI=1S/C9H19NO2/c1-7(2)9(11)12-6-5-10-8(3)4/h7-8,10H,5-6H2,1-4H3. The van der Waals surface area contributed by atoms with Crippen LogP contribution in [-0.2, 0) is 9.53 Å². The summed E-state index contributed by atoms with van der Waals surface area (Å²) < 4.78 is 4.95. The van der Waals surface area contributed by atoms with Gasteiger partial charge in [0, 0.05) is 12.6 Å². The van der Waals surface area contributed by atoms with Gasteiger partial charge in [0.25, 0.3) is 0 Å². The number of nitrogens with one attached hydrogen (secondary N) is 1. The summed E-state index contributed by atoms with van der Waals surface area (Å²) >= 11 is 0. The zero-order valence-corrected chi connectivity index (χ0v) is 8.39. The molecule has 0 aromatic heterocycles. The Morgan fingerprint density at radius 3 is 2.33 bits per heavy atom. The van der Waals surface area contributed by atoms with Crippen molar-refractivity contribution in [3.63, 3.8) is 0 Å². The Hall–Kier alpha value is -0.570. The summed E-state index contributed by atoms with van der Waals surface area (Å²) in [5, 5.41) is 3.16. The highest BCUT2D eigenvalue weighted by Crippen LogP contribution is 1.94. The molecule has 72 valence electrons. The van der Waals surface area contributed by atoms with Crippen LogP contribution < -0.4 is 5.32 Å². The fourth-order valence-corrected chi connectivity index (χ4v) is 0.666. The van der Waals surface area contributed by atoms with Gasteiger partial charge in [0.15, 0.2) is 0 Å². The van der Waals surface area contributed by atoms with Gasteiger partial charge in [-0.2, -0.15) is 0 Å². The number of carbonyl (C=O) groups is 1. The summed E-state index contributed by atoms with van der Waals surface area (Å²) in [4.78, 5) is 10.9. The van der Waals surface area contributed by atoms with Gasteiger partial charge in [0.1, 0.15) is 6.61 Å². The largest absolute Gasteiger partial charge is 0.464 e. The Bertz CT molecular complexity index is 132. The van der Waals surface area contributed by atoms with Crippen LogP contribution >= 0.6 is 0 Å². The first-order valence-electron chi connectivity index (χ1n) is 4.44. The first-order valence-corrected chi connectivity index (χ1v) is 4.44. The number of carbonyl (C=O) groups excluding carboxylic acids is 1. The van der Waals surface area contributed by atoms with Crippen molar-refractivity contribution in [2.75, 3.05) is 13.2 Å². The van der Waals surface area contributed by atoms with Gasteiger partial charge >= 0.3 is 5.97 Å². The summed E-state index contributed by atoms with van der Waals surface area (Å²) in [5.74, 6) is -0.149. The molecule has 12 heavy (non-hydrogen) atoms. The smallest absolute Gasteiger partial charge is 0.308 e. The van der Waals surface area contributed by atoms with E-state index in [0.717, 1.165) is 6.54 Å². The second-order valence-corrected chi connectivity index (χ2v) is 3.43. The Balaban J connectivity index is 3.26. The average Bonchev–Trinajstić information content (AvgIpc) is 1.97. The van der Waals surface area contributed by atoms with E-state index < -0.39 is 0 Å². The molecule has 3 heteroatoms. The van der Waals surface area contributed by atoms with Crippen LogP contribution in [0.1, 0.15) is 27.7 Å². The molecule has 0 unspecified atom stereocenters. The highest BCUT2D eigenvalue weighted by molar-refractivity contribution is 5.71. The first kappa shape index (κ1) is 11.4. The molecule has 0 bridgehead atoms. The van der Waals surface area contributed by atoms with Gasteiger partial charge in [-0.25, -0.2) is 0 Å². The van der Waals surface area contributed by atoms with E-state index in [1.807, 2.05) is 13.8 Å². The van der Waals surface area contributed by atoms with Gasteiger partial charge in [0.05, 0.1) is 5.92 Å². The van der Waals surface area contributed by atoms with E-state index in [1.165, 1.54) is 0 Å². The molecular formula is C9H19NO2. The number of esters is 1. The van der Waals surface area contributed by atoms with Crippen LogP contribution in [0.2, 0.25) is 0 Å². The van der Waals surface area contributed by atoms with Crippen molar-refractivity contribution in [2.24, 2.45) is 5.92 Å². The van der Waals surface area contributed by atoms with E-state index in [9.17, 15) is 4.79 Å². The lowest BCUT2D eigenvalue weighted by molar-refractivity contribution is -0.147. The molecule has 0 atom stereocenters. The lowest BCUT2D eigenvalue weighted by Gasteiger charge is -2.09. The molecule has 0 amide bonds. The maximum Gasteiger partial charge on any atom is 0.308 e. The van der Waals surface area contributed by atoms with Crippen LogP contribution in [0, 0.1) is 5.92 Å². The first-order chi connectivity index (χ1) is 5.54. The van der Waals surface area contributed by atoms with E-state index in [1.54, 1.807) is 0 Å². The summed E-state index contributed by atoms with van der Waals surface area (Å²) in [5.41, 5.74) is 0. The SMILES string of the molecule is CC(C)NCCOC(=O)C(C)C. The second kappa shape index (κ2) is 6.00. The number of hydrogen-bond donors (Lipinski definition) is 1. The molecule has 0 aromatic rings. The molecule has 0 rings (SSSR count). The van der Waals surface area contributed by atoms with E-state index in [0.29, 0.717) is 12.6 Å². The highest BCUT2D eigenvalue weighted by atomic mass is 16.5. The van der Waals surface area contributed by atoms with Crippen LogP contribution in [0.25, 0.3) is 0 Å². The number of hydrogen-bond acceptors (Lipinski definition) is 3. The highest BCUT2D eigenvalue weighted by Gasteiger charge is 2.06. The number of rotatable bonds is 5. The second-order valence-electron chi connectivity index (χ2n) is 3.43. The van der Waals surface area contributed by atoms with Crippen molar-refractivity contribution in [3.8, 4) is 0 Å². The van der Waals surface area contributed by atoms with Crippen LogP contribution in [0.15, 0.2) is 0 Å². The zero-order chi connectivity index (χ0) is 9.56. The van der Waals surface area contributed by atoms with Gasteiger partial charge in [-0.3, -0.25) is 4.79 Å². The summed E-state index contributed by atoms with van der Waals surface area (Å²) in [7, 11) is 0. The Kier molecular flexibility index (Phi) is 5.72. The zero-order valence-electron chi connectivity index (χ0n) is 8.39. The predicted octanol–water partition coefficient (Wildman–Crippen LogP) is 1.18. The van der Waals surface area contributed by atoms with Crippen molar-refractivity contribution in [1.29, 1.82) is 0 Å². The van der Waals surface area contributed by atoms with Crippen molar-refractivity contribution in [2.45, 2.75) is 33.7 Å². The third-order valence-electron chi connectivity index (χ3n) is 1.37. The summed E-state index contributed by atoms with van der Waals surface area (Å²) in [6.45, 7) is 8.98. The number of ether oxygens (including phenoxy) is 1. The molecule has 0 radical (unpaired) electrons.